The lowest BCUT2D eigenvalue weighted by atomic mass is 9.89. The summed E-state index contributed by atoms with van der Waals surface area (Å²) in [6.45, 7) is 1.40. The summed E-state index contributed by atoms with van der Waals surface area (Å²) in [7, 11) is 0. The van der Waals surface area contributed by atoms with Gasteiger partial charge in [-0.2, -0.15) is 13.2 Å². The van der Waals surface area contributed by atoms with Crippen molar-refractivity contribution < 1.29 is 17.9 Å². The minimum absolute atomic E-state index is 0.315. The Balaban J connectivity index is 2.20. The molecule has 0 aliphatic carbocycles. The summed E-state index contributed by atoms with van der Waals surface area (Å²) in [6.07, 6.45) is -1.84. The maximum atomic E-state index is 12.8. The number of hydrogen-bond acceptors (Lipinski definition) is 3. The Morgan fingerprint density at radius 1 is 1.33 bits per heavy atom. The molecule has 1 atom stereocenters. The van der Waals surface area contributed by atoms with Gasteiger partial charge in [0.25, 0.3) is 0 Å². The van der Waals surface area contributed by atoms with Crippen LogP contribution in [-0.4, -0.2) is 13.2 Å². The molecule has 1 heterocycles. The van der Waals surface area contributed by atoms with Crippen LogP contribution in [0.25, 0.3) is 0 Å². The third-order valence-electron chi connectivity index (χ3n) is 3.81. The van der Waals surface area contributed by atoms with Crippen LogP contribution in [-0.2, 0) is 10.9 Å². The Bertz CT molecular complexity index is 476. The number of ether oxygens (including phenoxy) is 1. The zero-order valence-electron chi connectivity index (χ0n) is 11.4. The van der Waals surface area contributed by atoms with Crippen LogP contribution in [0.4, 0.5) is 13.2 Å². The van der Waals surface area contributed by atoms with Gasteiger partial charge in [0.05, 0.1) is 5.56 Å². The van der Waals surface area contributed by atoms with E-state index in [9.17, 15) is 13.2 Å². The highest BCUT2D eigenvalue weighted by molar-refractivity contribution is 9.10. The van der Waals surface area contributed by atoms with Gasteiger partial charge in [-0.05, 0) is 48.9 Å². The van der Waals surface area contributed by atoms with E-state index < -0.39 is 11.7 Å². The summed E-state index contributed by atoms with van der Waals surface area (Å²) >= 11 is 3.32. The van der Waals surface area contributed by atoms with Crippen LogP contribution in [0.1, 0.15) is 36.4 Å². The van der Waals surface area contributed by atoms with Gasteiger partial charge in [0.15, 0.2) is 0 Å². The fourth-order valence-electron chi connectivity index (χ4n) is 2.59. The zero-order valence-corrected chi connectivity index (χ0v) is 13.0. The second kappa shape index (κ2) is 7.09. The topological polar surface area (TPSA) is 47.3 Å². The number of nitrogens with one attached hydrogen (secondary N) is 1. The largest absolute Gasteiger partial charge is 0.416 e. The Kier molecular flexibility index (Phi) is 5.65. The number of halogens is 4. The summed E-state index contributed by atoms with van der Waals surface area (Å²) in [5, 5.41) is 0. The van der Waals surface area contributed by atoms with Crippen LogP contribution in [0.3, 0.4) is 0 Å². The van der Waals surface area contributed by atoms with Crippen LogP contribution >= 0.6 is 15.9 Å². The molecule has 1 saturated heterocycles. The standard InChI is InChI=1S/C14H18BrF3N2O/c15-12-2-1-10(14(16,17)18)8-11(12)13(20-19)7-9-3-5-21-6-4-9/h1-2,8-9,13,20H,3-7,19H2. The third kappa shape index (κ3) is 4.42. The van der Waals surface area contributed by atoms with Crippen LogP contribution in [0.5, 0.6) is 0 Å². The summed E-state index contributed by atoms with van der Waals surface area (Å²) in [5.74, 6) is 5.97. The van der Waals surface area contributed by atoms with E-state index in [0.717, 1.165) is 25.0 Å². The summed E-state index contributed by atoms with van der Waals surface area (Å²) < 4.78 is 44.5. The van der Waals surface area contributed by atoms with E-state index in [0.29, 0.717) is 35.6 Å². The second-order valence-electron chi connectivity index (χ2n) is 5.24. The minimum Gasteiger partial charge on any atom is -0.381 e. The minimum atomic E-state index is -4.35. The van der Waals surface area contributed by atoms with Gasteiger partial charge >= 0.3 is 6.18 Å². The molecule has 1 aliphatic heterocycles. The summed E-state index contributed by atoms with van der Waals surface area (Å²) in [6, 6.07) is 3.33. The van der Waals surface area contributed by atoms with Gasteiger partial charge in [0.1, 0.15) is 0 Å². The molecular weight excluding hydrogens is 349 g/mol. The highest BCUT2D eigenvalue weighted by Crippen LogP contribution is 2.36. The fourth-order valence-corrected chi connectivity index (χ4v) is 3.11. The van der Waals surface area contributed by atoms with Crippen molar-refractivity contribution in [2.24, 2.45) is 11.8 Å². The average molecular weight is 367 g/mol. The zero-order chi connectivity index (χ0) is 15.5. The molecule has 0 aromatic heterocycles. The van der Waals surface area contributed by atoms with Crippen LogP contribution in [0.2, 0.25) is 0 Å². The molecule has 1 aromatic rings. The number of rotatable bonds is 4. The van der Waals surface area contributed by atoms with Gasteiger partial charge in [0, 0.05) is 23.7 Å². The lowest BCUT2D eigenvalue weighted by molar-refractivity contribution is -0.137. The van der Waals surface area contributed by atoms with Gasteiger partial charge in [-0.1, -0.05) is 15.9 Å². The molecule has 2 rings (SSSR count). The predicted molar refractivity (Wildman–Crippen MR) is 77.4 cm³/mol. The molecule has 0 bridgehead atoms. The Labute approximate surface area is 130 Å². The smallest absolute Gasteiger partial charge is 0.381 e. The normalized spacial score (nSPS) is 18.7. The van der Waals surface area contributed by atoms with E-state index in [1.165, 1.54) is 6.07 Å². The van der Waals surface area contributed by atoms with Crippen molar-refractivity contribution in [1.82, 2.24) is 5.43 Å². The summed E-state index contributed by atoms with van der Waals surface area (Å²) in [5.41, 5.74) is 2.53. The molecule has 1 unspecified atom stereocenters. The Hall–Kier alpha value is -0.630. The molecular formula is C14H18BrF3N2O. The highest BCUT2D eigenvalue weighted by atomic mass is 79.9. The first-order valence-electron chi connectivity index (χ1n) is 6.82. The van der Waals surface area contributed by atoms with Gasteiger partial charge in [0.2, 0.25) is 0 Å². The van der Waals surface area contributed by atoms with Crippen molar-refractivity contribution in [2.45, 2.75) is 31.5 Å². The quantitative estimate of drug-likeness (QED) is 0.629. The van der Waals surface area contributed by atoms with Crippen LogP contribution in [0.15, 0.2) is 22.7 Å². The van der Waals surface area contributed by atoms with Crippen molar-refractivity contribution in [1.29, 1.82) is 0 Å². The number of alkyl halides is 3. The SMILES string of the molecule is NNC(CC1CCOCC1)c1cc(C(F)(F)F)ccc1Br. The number of hydrazine groups is 1. The van der Waals surface area contributed by atoms with Crippen molar-refractivity contribution in [2.75, 3.05) is 13.2 Å². The van der Waals surface area contributed by atoms with Crippen molar-refractivity contribution in [3.63, 3.8) is 0 Å². The highest BCUT2D eigenvalue weighted by Gasteiger charge is 2.32. The van der Waals surface area contributed by atoms with Crippen LogP contribution in [0, 0.1) is 5.92 Å². The molecule has 7 heteroatoms. The molecule has 3 nitrogen and oxygen atoms in total. The van der Waals surface area contributed by atoms with Crippen molar-refractivity contribution in [3.05, 3.63) is 33.8 Å². The molecule has 1 aromatic carbocycles. The predicted octanol–water partition coefficient (Wildman–Crippen LogP) is 3.79. The molecule has 1 fully saturated rings. The molecule has 0 amide bonds. The fraction of sp³-hybridized carbons (Fsp3) is 0.571. The van der Waals surface area contributed by atoms with E-state index in [2.05, 4.69) is 21.4 Å². The van der Waals surface area contributed by atoms with E-state index in [1.807, 2.05) is 0 Å². The van der Waals surface area contributed by atoms with Gasteiger partial charge < -0.3 is 4.74 Å². The molecule has 0 spiro atoms. The number of hydrogen-bond donors (Lipinski definition) is 2. The van der Waals surface area contributed by atoms with Gasteiger partial charge in [-0.15, -0.1) is 0 Å². The molecule has 21 heavy (non-hydrogen) atoms. The molecule has 118 valence electrons. The van der Waals surface area contributed by atoms with Crippen molar-refractivity contribution >= 4 is 15.9 Å². The average Bonchev–Trinajstić information content (AvgIpc) is 2.45. The first kappa shape index (κ1) is 16.7. The van der Waals surface area contributed by atoms with Crippen molar-refractivity contribution in [3.8, 4) is 0 Å². The molecule has 0 saturated carbocycles. The number of benzene rings is 1. The maximum Gasteiger partial charge on any atom is 0.416 e. The lowest BCUT2D eigenvalue weighted by Gasteiger charge is -2.27. The summed E-state index contributed by atoms with van der Waals surface area (Å²) in [4.78, 5) is 0. The lowest BCUT2D eigenvalue weighted by Crippen LogP contribution is -2.31. The Morgan fingerprint density at radius 2 is 2.00 bits per heavy atom. The maximum absolute atomic E-state index is 12.8. The third-order valence-corrected chi connectivity index (χ3v) is 4.53. The molecule has 3 N–H and O–H groups in total. The van der Waals surface area contributed by atoms with E-state index in [1.54, 1.807) is 0 Å². The Morgan fingerprint density at radius 3 is 2.57 bits per heavy atom. The molecule has 1 aliphatic rings. The van der Waals surface area contributed by atoms with Gasteiger partial charge in [-0.25, -0.2) is 0 Å². The van der Waals surface area contributed by atoms with Gasteiger partial charge in [-0.3, -0.25) is 11.3 Å². The van der Waals surface area contributed by atoms with E-state index in [-0.39, 0.29) is 6.04 Å². The number of nitrogens with two attached hydrogens (primary N) is 1. The monoisotopic (exact) mass is 366 g/mol. The molecule has 0 radical (unpaired) electrons. The van der Waals surface area contributed by atoms with E-state index >= 15 is 0 Å². The van der Waals surface area contributed by atoms with Crippen LogP contribution < -0.4 is 11.3 Å². The second-order valence-corrected chi connectivity index (χ2v) is 6.10. The van der Waals surface area contributed by atoms with E-state index in [4.69, 9.17) is 10.6 Å². The first-order chi connectivity index (χ1) is 9.91. The first-order valence-corrected chi connectivity index (χ1v) is 7.61.